The van der Waals surface area contributed by atoms with Crippen molar-refractivity contribution in [3.63, 3.8) is 0 Å². The van der Waals surface area contributed by atoms with Crippen molar-refractivity contribution in [1.82, 2.24) is 31.5 Å². The summed E-state index contributed by atoms with van der Waals surface area (Å²) >= 11 is 1.51. The van der Waals surface area contributed by atoms with Crippen LogP contribution in [0.3, 0.4) is 0 Å². The number of hydrogen-bond donors (Lipinski definition) is 7. The lowest BCUT2D eigenvalue weighted by Gasteiger charge is -2.31. The SMILES string of the molecule is CC(=O)N[C@@H](Cc1ccccc1)C(=O)N[C@@H](CCCN)C(=O)N1CCC[C@H]1C(=O)N[C@H](CCC(C)C)C(=O)N[C@H](Cc1csc2ccccc12)C(=O)N[C@H](Cc1ccccc1)C(N)=O. The highest BCUT2D eigenvalue weighted by Gasteiger charge is 2.40. The van der Waals surface area contributed by atoms with Gasteiger partial charge >= 0.3 is 0 Å². The summed E-state index contributed by atoms with van der Waals surface area (Å²) in [7, 11) is 0. The molecule has 0 aliphatic carbocycles. The van der Waals surface area contributed by atoms with Gasteiger partial charge in [0.25, 0.3) is 0 Å². The maximum absolute atomic E-state index is 14.4. The predicted octanol–water partition coefficient (Wildman–Crippen LogP) is 3.02. The number of benzene rings is 3. The smallest absolute Gasteiger partial charge is 0.245 e. The van der Waals surface area contributed by atoms with Crippen molar-refractivity contribution < 1.29 is 33.6 Å². The molecule has 0 saturated carbocycles. The molecule has 1 aliphatic rings. The predicted molar refractivity (Wildman–Crippen MR) is 247 cm³/mol. The van der Waals surface area contributed by atoms with Crippen LogP contribution in [-0.4, -0.2) is 95.6 Å². The van der Waals surface area contributed by atoms with Crippen molar-refractivity contribution in [3.05, 3.63) is 107 Å². The van der Waals surface area contributed by atoms with E-state index >= 15 is 0 Å². The number of fused-ring (bicyclic) bond motifs is 1. The number of likely N-dealkylation sites (tertiary alicyclic amines) is 1. The zero-order chi connectivity index (χ0) is 46.2. The average Bonchev–Trinajstić information content (AvgIpc) is 3.94. The van der Waals surface area contributed by atoms with Crippen LogP contribution in [0.25, 0.3) is 10.1 Å². The summed E-state index contributed by atoms with van der Waals surface area (Å²) < 4.78 is 1.00. The Hall–Kier alpha value is -6.13. The molecule has 3 aromatic carbocycles. The first-order valence-electron chi connectivity index (χ1n) is 22.0. The maximum Gasteiger partial charge on any atom is 0.245 e. The van der Waals surface area contributed by atoms with Crippen LogP contribution < -0.4 is 38.1 Å². The Bertz CT molecular complexity index is 2220. The van der Waals surface area contributed by atoms with E-state index in [2.05, 4.69) is 26.6 Å². The molecule has 4 aromatic rings. The van der Waals surface area contributed by atoms with Crippen molar-refractivity contribution in [1.29, 1.82) is 0 Å². The normalized spacial score (nSPS) is 16.0. The molecule has 0 unspecified atom stereocenters. The van der Waals surface area contributed by atoms with Gasteiger partial charge in [0.15, 0.2) is 0 Å². The molecule has 342 valence electrons. The molecule has 1 saturated heterocycles. The number of rotatable bonds is 23. The van der Waals surface area contributed by atoms with E-state index in [1.54, 1.807) is 0 Å². The van der Waals surface area contributed by atoms with Gasteiger partial charge in [-0.05, 0) is 84.5 Å². The highest BCUT2D eigenvalue weighted by Crippen LogP contribution is 2.27. The quantitative estimate of drug-likeness (QED) is 0.0584. The number of nitrogens with zero attached hydrogens (tertiary/aromatic N) is 1. The standard InChI is InChI=1S/C48H62N8O7S/c1-30(2)22-23-36(44(59)55-40(28-34-29-64-42-21-11-10-18-35(34)42)46(61)54-38(43(50)58)26-32-14-6-4-7-15-32)52-47(62)41-20-13-25-56(41)48(63)37(19-12-24-49)53-45(60)39(51-31(3)57)27-33-16-8-5-9-17-33/h4-11,14-18,21,29-30,36-41H,12-13,19-20,22-28,49H2,1-3H3,(H2,50,58)(H,51,57)(H,52,62)(H,53,60)(H,54,61)(H,55,59)/t36-,37+,38-,39+,40-,41+/m1/s1. The van der Waals surface area contributed by atoms with Crippen LogP contribution >= 0.6 is 11.3 Å². The molecule has 15 nitrogen and oxygen atoms in total. The fourth-order valence-corrected chi connectivity index (χ4v) is 8.91. The Morgan fingerprint density at radius 3 is 1.84 bits per heavy atom. The number of hydrogen-bond acceptors (Lipinski definition) is 9. The second-order valence-electron chi connectivity index (χ2n) is 16.8. The zero-order valence-electron chi connectivity index (χ0n) is 36.8. The molecule has 1 fully saturated rings. The number of thiophene rings is 1. The van der Waals surface area contributed by atoms with Crippen molar-refractivity contribution >= 4 is 62.8 Å². The molecule has 64 heavy (non-hydrogen) atoms. The Kier molecular flexibility index (Phi) is 18.4. The van der Waals surface area contributed by atoms with Crippen molar-refractivity contribution in [2.45, 2.75) is 115 Å². The van der Waals surface area contributed by atoms with Gasteiger partial charge in [-0.2, -0.15) is 0 Å². The zero-order valence-corrected chi connectivity index (χ0v) is 37.7. The number of nitrogens with one attached hydrogen (secondary N) is 5. The average molecular weight is 895 g/mol. The van der Waals surface area contributed by atoms with Crippen molar-refractivity contribution in [2.75, 3.05) is 13.1 Å². The summed E-state index contributed by atoms with van der Waals surface area (Å²) in [6.45, 7) is 5.81. The lowest BCUT2D eigenvalue weighted by molar-refractivity contribution is -0.142. The second kappa shape index (κ2) is 24.1. The Labute approximate surface area is 378 Å². The van der Waals surface area contributed by atoms with Crippen LogP contribution in [0.2, 0.25) is 0 Å². The summed E-state index contributed by atoms with van der Waals surface area (Å²) in [5.74, 6) is -3.74. The summed E-state index contributed by atoms with van der Waals surface area (Å²) in [5.41, 5.74) is 14.0. The minimum absolute atomic E-state index is 0.0954. The molecule has 6 atom stereocenters. The summed E-state index contributed by atoms with van der Waals surface area (Å²) in [6.07, 6.45) is 2.68. The lowest BCUT2D eigenvalue weighted by Crippen LogP contribution is -2.59. The van der Waals surface area contributed by atoms with Crippen LogP contribution in [0.5, 0.6) is 0 Å². The minimum atomic E-state index is -1.15. The summed E-state index contributed by atoms with van der Waals surface area (Å²) in [5, 5.41) is 17.0. The molecule has 16 heteroatoms. The van der Waals surface area contributed by atoms with Gasteiger partial charge in [0, 0.05) is 37.4 Å². The third-order valence-corrected chi connectivity index (χ3v) is 12.4. The van der Waals surface area contributed by atoms with E-state index in [0.717, 1.165) is 26.8 Å². The van der Waals surface area contributed by atoms with Crippen molar-refractivity contribution in [2.24, 2.45) is 17.4 Å². The lowest BCUT2D eigenvalue weighted by atomic mass is 9.99. The van der Waals surface area contributed by atoms with Crippen LogP contribution in [0.15, 0.2) is 90.3 Å². The fourth-order valence-electron chi connectivity index (χ4n) is 7.93. The second-order valence-corrected chi connectivity index (χ2v) is 17.7. The van der Waals surface area contributed by atoms with Gasteiger partial charge in [-0.15, -0.1) is 11.3 Å². The van der Waals surface area contributed by atoms with Gasteiger partial charge in [0.2, 0.25) is 41.4 Å². The highest BCUT2D eigenvalue weighted by atomic mass is 32.1. The maximum atomic E-state index is 14.4. The van der Waals surface area contributed by atoms with E-state index < -0.39 is 77.6 Å². The molecular weight excluding hydrogens is 833 g/mol. The Morgan fingerprint density at radius 1 is 0.672 bits per heavy atom. The van der Waals surface area contributed by atoms with Gasteiger partial charge in [-0.3, -0.25) is 33.6 Å². The summed E-state index contributed by atoms with van der Waals surface area (Å²) in [6, 6.07) is 19.8. The van der Waals surface area contributed by atoms with Crippen LogP contribution in [0.4, 0.5) is 0 Å². The van der Waals surface area contributed by atoms with Gasteiger partial charge < -0.3 is 43.0 Å². The third kappa shape index (κ3) is 14.2. The van der Waals surface area contributed by atoms with Gasteiger partial charge in [0.1, 0.15) is 36.3 Å². The number of primary amides is 1. The molecule has 0 spiro atoms. The minimum Gasteiger partial charge on any atom is -0.368 e. The third-order valence-electron chi connectivity index (χ3n) is 11.4. The van der Waals surface area contributed by atoms with Gasteiger partial charge in [-0.25, -0.2) is 0 Å². The van der Waals surface area contributed by atoms with Crippen molar-refractivity contribution in [3.8, 4) is 0 Å². The fraction of sp³-hybridized carbons (Fsp3) is 0.438. The highest BCUT2D eigenvalue weighted by molar-refractivity contribution is 7.17. The van der Waals surface area contributed by atoms with E-state index in [0.29, 0.717) is 25.7 Å². The molecule has 9 N–H and O–H groups in total. The molecule has 0 radical (unpaired) electrons. The summed E-state index contributed by atoms with van der Waals surface area (Å²) in [4.78, 5) is 97.0. The monoisotopic (exact) mass is 894 g/mol. The van der Waals surface area contributed by atoms with Crippen LogP contribution in [0.1, 0.15) is 76.0 Å². The van der Waals surface area contributed by atoms with E-state index in [4.69, 9.17) is 11.5 Å². The van der Waals surface area contributed by atoms with Crippen LogP contribution in [-0.2, 0) is 52.8 Å². The Balaban J connectivity index is 1.34. The number of amides is 7. The number of carbonyl (C=O) groups is 7. The van der Waals surface area contributed by atoms with E-state index in [-0.39, 0.29) is 51.1 Å². The first-order chi connectivity index (χ1) is 30.7. The van der Waals surface area contributed by atoms with E-state index in [9.17, 15) is 33.6 Å². The number of nitrogens with two attached hydrogens (primary N) is 2. The molecule has 0 bridgehead atoms. The van der Waals surface area contributed by atoms with E-state index in [1.807, 2.05) is 104 Å². The van der Waals surface area contributed by atoms with Crippen LogP contribution in [0, 0.1) is 5.92 Å². The molecule has 5 rings (SSSR count). The van der Waals surface area contributed by atoms with E-state index in [1.165, 1.54) is 23.2 Å². The molecule has 7 amide bonds. The molecule has 1 aromatic heterocycles. The topological polar surface area (TPSA) is 235 Å². The number of carbonyl (C=O) groups excluding carboxylic acids is 7. The molecule has 2 heterocycles. The first-order valence-corrected chi connectivity index (χ1v) is 22.9. The molecular formula is C48H62N8O7S. The Morgan fingerprint density at radius 2 is 1.23 bits per heavy atom. The molecule has 1 aliphatic heterocycles. The first kappa shape index (κ1) is 48.9. The largest absolute Gasteiger partial charge is 0.368 e. The van der Waals surface area contributed by atoms with Gasteiger partial charge in [-0.1, -0.05) is 92.7 Å². The van der Waals surface area contributed by atoms with Gasteiger partial charge in [0.05, 0.1) is 0 Å².